The number of amides is 2. The van der Waals surface area contributed by atoms with Crippen molar-refractivity contribution >= 4 is 11.8 Å². The number of nitrogens with one attached hydrogen (secondary N) is 1. The highest BCUT2D eigenvalue weighted by atomic mass is 19.4. The number of benzene rings is 2. The quantitative estimate of drug-likeness (QED) is 0.293. The van der Waals surface area contributed by atoms with Crippen molar-refractivity contribution in [3.8, 4) is 5.75 Å². The van der Waals surface area contributed by atoms with Crippen molar-refractivity contribution in [1.82, 2.24) is 20.0 Å². The number of alkyl halides is 6. The molecule has 2 aromatic rings. The summed E-state index contributed by atoms with van der Waals surface area (Å²) in [6.07, 6.45) is -9.66. The molecule has 1 aliphatic carbocycles. The van der Waals surface area contributed by atoms with Crippen LogP contribution in [0.1, 0.15) is 42.9 Å². The van der Waals surface area contributed by atoms with Crippen molar-refractivity contribution in [1.29, 1.82) is 0 Å². The van der Waals surface area contributed by atoms with Crippen LogP contribution in [0.15, 0.2) is 66.2 Å². The molecule has 5 rings (SSSR count). The molecule has 2 amide bonds. The first-order chi connectivity index (χ1) is 21.8. The first-order valence-corrected chi connectivity index (χ1v) is 15.4. The number of allylic oxidation sites excluding steroid dienone is 2. The van der Waals surface area contributed by atoms with Crippen LogP contribution < -0.4 is 10.1 Å². The number of rotatable bonds is 8. The normalized spacial score (nSPS) is 23.4. The van der Waals surface area contributed by atoms with Gasteiger partial charge in [-0.15, -0.1) is 0 Å². The smallest absolute Gasteiger partial charge is 0.412 e. The summed E-state index contributed by atoms with van der Waals surface area (Å²) in [7, 11) is 1.48. The highest BCUT2D eigenvalue weighted by Crippen LogP contribution is 2.44. The molecule has 2 aromatic carbocycles. The lowest BCUT2D eigenvalue weighted by Gasteiger charge is -2.33. The number of nitrogens with zero attached hydrogens (tertiary/aromatic N) is 3. The standard InChI is InChI=1S/C33H38F6N4O3/c1-46-28-9-5-8-23(16-28)29-20-42(31(45)24-14-25(32(34,35)36)17-26(15-24)33(37,38)39)21-43(29)30(44)18-40-27-10-12-41(13-11-27)19-22-6-3-2-4-7-22/h2-9,16-17,24-25,27,29,40H,10-15,18-21H2,1H3. The van der Waals surface area contributed by atoms with Crippen LogP contribution in [0, 0.1) is 11.8 Å². The molecule has 3 unspecified atom stereocenters. The summed E-state index contributed by atoms with van der Waals surface area (Å²) >= 11 is 0. The predicted octanol–water partition coefficient (Wildman–Crippen LogP) is 5.70. The molecule has 0 bridgehead atoms. The minimum Gasteiger partial charge on any atom is -0.497 e. The van der Waals surface area contributed by atoms with Crippen molar-refractivity contribution in [2.75, 3.05) is 40.0 Å². The average Bonchev–Trinajstić information content (AvgIpc) is 3.49. The van der Waals surface area contributed by atoms with Crippen molar-refractivity contribution in [3.63, 3.8) is 0 Å². The number of carbonyl (C=O) groups is 2. The van der Waals surface area contributed by atoms with Gasteiger partial charge in [-0.25, -0.2) is 0 Å². The highest BCUT2D eigenvalue weighted by molar-refractivity contribution is 5.83. The molecule has 13 heteroatoms. The third-order valence-electron chi connectivity index (χ3n) is 9.12. The van der Waals surface area contributed by atoms with E-state index >= 15 is 0 Å². The van der Waals surface area contributed by atoms with Crippen LogP contribution in [0.25, 0.3) is 0 Å². The number of likely N-dealkylation sites (tertiary alicyclic amines) is 1. The largest absolute Gasteiger partial charge is 0.497 e. The lowest BCUT2D eigenvalue weighted by molar-refractivity contribution is -0.171. The summed E-state index contributed by atoms with van der Waals surface area (Å²) in [5.41, 5.74) is 0.522. The Morgan fingerprint density at radius 1 is 0.978 bits per heavy atom. The van der Waals surface area contributed by atoms with Crippen molar-refractivity contribution < 1.29 is 40.7 Å². The Hall–Kier alpha value is -3.58. The fourth-order valence-corrected chi connectivity index (χ4v) is 6.58. The first-order valence-electron chi connectivity index (χ1n) is 15.4. The number of methoxy groups -OCH3 is 1. The van der Waals surface area contributed by atoms with E-state index < -0.39 is 54.6 Å². The number of hydrogen-bond donors (Lipinski definition) is 1. The van der Waals surface area contributed by atoms with Crippen LogP contribution in [0.4, 0.5) is 26.3 Å². The number of carbonyl (C=O) groups excluding carboxylic acids is 2. The predicted molar refractivity (Wildman–Crippen MR) is 158 cm³/mol. The molecule has 2 aliphatic heterocycles. The molecular formula is C33H38F6N4O3. The molecule has 0 aromatic heterocycles. The maximum Gasteiger partial charge on any atom is 0.412 e. The molecule has 0 saturated carbocycles. The maximum atomic E-state index is 13.6. The molecule has 2 heterocycles. The van der Waals surface area contributed by atoms with E-state index in [1.807, 2.05) is 18.2 Å². The second-order valence-corrected chi connectivity index (χ2v) is 12.2. The third-order valence-corrected chi connectivity index (χ3v) is 9.12. The van der Waals surface area contributed by atoms with E-state index in [4.69, 9.17) is 4.74 Å². The van der Waals surface area contributed by atoms with E-state index in [1.165, 1.54) is 22.5 Å². The van der Waals surface area contributed by atoms with Crippen LogP contribution in [0.2, 0.25) is 0 Å². The average molecular weight is 653 g/mol. The minimum absolute atomic E-state index is 0.0214. The second kappa shape index (κ2) is 14.0. The van der Waals surface area contributed by atoms with Gasteiger partial charge in [0.1, 0.15) is 5.75 Å². The number of piperidine rings is 1. The van der Waals surface area contributed by atoms with Crippen LogP contribution in [-0.4, -0.2) is 84.9 Å². The van der Waals surface area contributed by atoms with Gasteiger partial charge in [0.25, 0.3) is 0 Å². The van der Waals surface area contributed by atoms with Crippen molar-refractivity contribution in [2.45, 2.75) is 56.7 Å². The van der Waals surface area contributed by atoms with Gasteiger partial charge in [-0.05, 0) is 62.0 Å². The summed E-state index contributed by atoms with van der Waals surface area (Å²) in [6, 6.07) is 16.5. The molecule has 3 atom stereocenters. The van der Waals surface area contributed by atoms with Gasteiger partial charge in [0.2, 0.25) is 11.8 Å². The van der Waals surface area contributed by atoms with Crippen LogP contribution in [0.5, 0.6) is 5.75 Å². The van der Waals surface area contributed by atoms with Crippen LogP contribution in [-0.2, 0) is 16.1 Å². The van der Waals surface area contributed by atoms with Gasteiger partial charge in [-0.3, -0.25) is 14.5 Å². The summed E-state index contributed by atoms with van der Waals surface area (Å²) in [4.78, 5) is 32.2. The summed E-state index contributed by atoms with van der Waals surface area (Å²) in [5.74, 6) is -4.54. The molecule has 0 spiro atoms. The lowest BCUT2D eigenvalue weighted by atomic mass is 9.81. The second-order valence-electron chi connectivity index (χ2n) is 12.2. The van der Waals surface area contributed by atoms with E-state index in [-0.39, 0.29) is 37.8 Å². The molecule has 2 saturated heterocycles. The Kier molecular flexibility index (Phi) is 10.3. The van der Waals surface area contributed by atoms with Gasteiger partial charge >= 0.3 is 12.4 Å². The number of hydrogen-bond acceptors (Lipinski definition) is 5. The van der Waals surface area contributed by atoms with Crippen LogP contribution in [0.3, 0.4) is 0 Å². The van der Waals surface area contributed by atoms with Gasteiger partial charge in [0.05, 0.1) is 32.3 Å². The fraction of sp³-hybridized carbons (Fsp3) is 0.515. The fourth-order valence-electron chi connectivity index (χ4n) is 6.58. The number of halogens is 6. The lowest BCUT2D eigenvalue weighted by Crippen LogP contribution is -2.47. The van der Waals surface area contributed by atoms with Crippen molar-refractivity contribution in [3.05, 3.63) is 77.4 Å². The molecule has 7 nitrogen and oxygen atoms in total. The SMILES string of the molecule is COc1cccc(C2CN(C(=O)C3CC(C(F)(F)F)=CC(C(F)(F)F)C3)CN2C(=O)CNC2CCN(Cc3ccccc3)CC2)c1. The molecule has 250 valence electrons. The Bertz CT molecular complexity index is 1390. The zero-order valence-electron chi connectivity index (χ0n) is 25.5. The van der Waals surface area contributed by atoms with Gasteiger partial charge < -0.3 is 19.9 Å². The van der Waals surface area contributed by atoms with Crippen molar-refractivity contribution in [2.24, 2.45) is 11.8 Å². The monoisotopic (exact) mass is 652 g/mol. The van der Waals surface area contributed by atoms with Gasteiger partial charge in [0.15, 0.2) is 0 Å². The molecule has 2 fully saturated rings. The zero-order valence-corrected chi connectivity index (χ0v) is 25.5. The Morgan fingerprint density at radius 2 is 1.70 bits per heavy atom. The van der Waals surface area contributed by atoms with Crippen LogP contribution >= 0.6 is 0 Å². The topological polar surface area (TPSA) is 65.1 Å². The molecule has 3 aliphatic rings. The maximum absolute atomic E-state index is 13.6. The Balaban J connectivity index is 1.26. The Labute approximate surface area is 264 Å². The van der Waals surface area contributed by atoms with E-state index in [2.05, 4.69) is 22.3 Å². The number of ether oxygens (including phenoxy) is 1. The van der Waals surface area contributed by atoms with Gasteiger partial charge in [0, 0.05) is 30.6 Å². The Morgan fingerprint density at radius 3 is 2.35 bits per heavy atom. The van der Waals surface area contributed by atoms with Gasteiger partial charge in [-0.1, -0.05) is 48.5 Å². The van der Waals surface area contributed by atoms with Gasteiger partial charge in [-0.2, -0.15) is 26.3 Å². The molecule has 1 N–H and O–H groups in total. The van der Waals surface area contributed by atoms with E-state index in [1.54, 1.807) is 24.3 Å². The minimum atomic E-state index is -4.98. The van der Waals surface area contributed by atoms with E-state index in [0.717, 1.165) is 32.5 Å². The summed E-state index contributed by atoms with van der Waals surface area (Å²) < 4.78 is 86.8. The highest BCUT2D eigenvalue weighted by Gasteiger charge is 2.49. The molecule has 0 radical (unpaired) electrons. The summed E-state index contributed by atoms with van der Waals surface area (Å²) in [5, 5.41) is 3.33. The van der Waals surface area contributed by atoms with E-state index in [0.29, 0.717) is 11.3 Å². The first kappa shape index (κ1) is 33.8. The molecular weight excluding hydrogens is 614 g/mol. The van der Waals surface area contributed by atoms with E-state index in [9.17, 15) is 35.9 Å². The zero-order chi connectivity index (χ0) is 33.1. The summed E-state index contributed by atoms with van der Waals surface area (Å²) in [6.45, 7) is 2.23. The molecule has 46 heavy (non-hydrogen) atoms. The third kappa shape index (κ3) is 8.22.